The third kappa shape index (κ3) is 4.60. The smallest absolute Gasteiger partial charge is 0.251 e. The molecular formula is C13H15BrClFN2O. The lowest BCUT2D eigenvalue weighted by Crippen LogP contribution is -2.29. The molecule has 0 radical (unpaired) electrons. The van der Waals surface area contributed by atoms with Crippen molar-refractivity contribution in [2.45, 2.75) is 6.42 Å². The number of amides is 1. The summed E-state index contributed by atoms with van der Waals surface area (Å²) in [5.74, 6) is -0.553. The van der Waals surface area contributed by atoms with Crippen molar-refractivity contribution < 1.29 is 9.18 Å². The lowest BCUT2D eigenvalue weighted by Gasteiger charge is -2.14. The fraction of sp³-hybridized carbons (Fsp3) is 0.308. The molecule has 1 heterocycles. The topological polar surface area (TPSA) is 41.1 Å². The fourth-order valence-electron chi connectivity index (χ4n) is 1.76. The maximum Gasteiger partial charge on any atom is 0.251 e. The minimum Gasteiger partial charge on any atom is -0.348 e. The first kappa shape index (κ1) is 16.1. The third-order valence-corrected chi connectivity index (χ3v) is 3.42. The zero-order chi connectivity index (χ0) is 13.0. The summed E-state index contributed by atoms with van der Waals surface area (Å²) in [4.78, 5) is 11.9. The highest BCUT2D eigenvalue weighted by Crippen LogP contribution is 2.16. The largest absolute Gasteiger partial charge is 0.348 e. The van der Waals surface area contributed by atoms with Crippen molar-refractivity contribution in [1.82, 2.24) is 10.6 Å². The predicted molar refractivity (Wildman–Crippen MR) is 79.3 cm³/mol. The molecule has 0 unspecified atom stereocenters. The molecule has 0 saturated carbocycles. The molecule has 0 spiro atoms. The number of carbonyl (C=O) groups is 1. The first-order chi connectivity index (χ1) is 8.66. The number of benzene rings is 1. The van der Waals surface area contributed by atoms with Crippen LogP contribution >= 0.6 is 28.3 Å². The number of hydrogen-bond acceptors (Lipinski definition) is 2. The molecule has 1 amide bonds. The van der Waals surface area contributed by atoms with Crippen LogP contribution in [-0.4, -0.2) is 25.5 Å². The molecule has 19 heavy (non-hydrogen) atoms. The molecule has 3 nitrogen and oxygen atoms in total. The van der Waals surface area contributed by atoms with Gasteiger partial charge in [0.2, 0.25) is 0 Å². The predicted octanol–water partition coefficient (Wildman–Crippen LogP) is 2.66. The van der Waals surface area contributed by atoms with E-state index in [1.807, 2.05) is 0 Å². The van der Waals surface area contributed by atoms with E-state index in [1.54, 1.807) is 0 Å². The van der Waals surface area contributed by atoms with Crippen LogP contribution in [0.1, 0.15) is 16.8 Å². The monoisotopic (exact) mass is 348 g/mol. The summed E-state index contributed by atoms with van der Waals surface area (Å²) < 4.78 is 13.3. The lowest BCUT2D eigenvalue weighted by atomic mass is 10.1. The van der Waals surface area contributed by atoms with Crippen molar-refractivity contribution in [3.8, 4) is 0 Å². The second-order valence-corrected chi connectivity index (χ2v) is 4.98. The Morgan fingerprint density at radius 1 is 1.47 bits per heavy atom. The van der Waals surface area contributed by atoms with Crippen molar-refractivity contribution >= 4 is 34.2 Å². The van der Waals surface area contributed by atoms with Crippen LogP contribution < -0.4 is 10.6 Å². The second-order valence-electron chi connectivity index (χ2n) is 4.13. The van der Waals surface area contributed by atoms with Gasteiger partial charge in [-0.1, -0.05) is 11.6 Å². The van der Waals surface area contributed by atoms with Gasteiger partial charge in [-0.3, -0.25) is 4.79 Å². The van der Waals surface area contributed by atoms with Crippen molar-refractivity contribution in [3.63, 3.8) is 0 Å². The molecule has 0 aromatic heterocycles. The van der Waals surface area contributed by atoms with Gasteiger partial charge in [0.15, 0.2) is 0 Å². The van der Waals surface area contributed by atoms with E-state index in [9.17, 15) is 9.18 Å². The van der Waals surface area contributed by atoms with Gasteiger partial charge in [0.25, 0.3) is 5.91 Å². The summed E-state index contributed by atoms with van der Waals surface area (Å²) in [7, 11) is 0. The van der Waals surface area contributed by atoms with E-state index in [-0.39, 0.29) is 24.1 Å². The highest BCUT2D eigenvalue weighted by Gasteiger charge is 2.09. The van der Waals surface area contributed by atoms with Crippen molar-refractivity contribution in [3.05, 3.63) is 45.7 Å². The summed E-state index contributed by atoms with van der Waals surface area (Å²) in [6.07, 6.45) is 3.04. The quantitative estimate of drug-likeness (QED) is 0.824. The third-order valence-electron chi connectivity index (χ3n) is 2.82. The molecule has 6 heteroatoms. The Labute approximate surface area is 126 Å². The van der Waals surface area contributed by atoms with Crippen molar-refractivity contribution in [2.75, 3.05) is 19.6 Å². The number of nitrogens with one attached hydrogen (secondary N) is 2. The van der Waals surface area contributed by atoms with Crippen LogP contribution in [-0.2, 0) is 0 Å². The molecule has 1 aromatic carbocycles. The van der Waals surface area contributed by atoms with Gasteiger partial charge in [-0.05, 0) is 47.1 Å². The normalized spacial score (nSPS) is 14.3. The molecule has 1 aliphatic heterocycles. The molecule has 0 fully saturated rings. The van der Waals surface area contributed by atoms with Crippen LogP contribution in [0.25, 0.3) is 0 Å². The Morgan fingerprint density at radius 3 is 2.89 bits per heavy atom. The van der Waals surface area contributed by atoms with Crippen LogP contribution in [0.15, 0.2) is 34.3 Å². The number of halogens is 3. The van der Waals surface area contributed by atoms with E-state index in [1.165, 1.54) is 23.8 Å². The highest BCUT2D eigenvalue weighted by molar-refractivity contribution is 9.10. The van der Waals surface area contributed by atoms with Crippen LogP contribution in [0.2, 0.25) is 0 Å². The van der Waals surface area contributed by atoms with E-state index in [4.69, 9.17) is 0 Å². The fourth-order valence-corrected chi connectivity index (χ4v) is 2.14. The van der Waals surface area contributed by atoms with Gasteiger partial charge in [0.05, 0.1) is 4.47 Å². The summed E-state index contributed by atoms with van der Waals surface area (Å²) in [5.41, 5.74) is 1.68. The van der Waals surface area contributed by atoms with Crippen molar-refractivity contribution in [2.24, 2.45) is 0 Å². The molecule has 2 rings (SSSR count). The van der Waals surface area contributed by atoms with Gasteiger partial charge < -0.3 is 10.6 Å². The van der Waals surface area contributed by atoms with Crippen LogP contribution in [0, 0.1) is 5.82 Å². The maximum absolute atomic E-state index is 13.0. The Bertz CT molecular complexity index is 494. The Kier molecular flexibility index (Phi) is 6.48. The molecule has 0 bridgehead atoms. The number of hydrogen-bond donors (Lipinski definition) is 2. The summed E-state index contributed by atoms with van der Waals surface area (Å²) in [6, 6.07) is 4.25. The van der Waals surface area contributed by atoms with Gasteiger partial charge in [-0.2, -0.15) is 0 Å². The zero-order valence-corrected chi connectivity index (χ0v) is 12.6. The van der Waals surface area contributed by atoms with E-state index in [0.29, 0.717) is 16.6 Å². The SMILES string of the molecule is Cl.O=C(NCC1=CCNCC1)c1ccc(F)c(Br)c1. The molecule has 2 N–H and O–H groups in total. The van der Waals surface area contributed by atoms with Crippen LogP contribution in [0.5, 0.6) is 0 Å². The van der Waals surface area contributed by atoms with E-state index in [0.717, 1.165) is 19.5 Å². The molecule has 1 aliphatic rings. The second kappa shape index (κ2) is 7.62. The lowest BCUT2D eigenvalue weighted by molar-refractivity contribution is 0.0956. The van der Waals surface area contributed by atoms with E-state index < -0.39 is 0 Å². The average Bonchev–Trinajstić information content (AvgIpc) is 2.40. The Balaban J connectivity index is 0.00000180. The first-order valence-electron chi connectivity index (χ1n) is 5.78. The molecule has 104 valence electrons. The summed E-state index contributed by atoms with van der Waals surface area (Å²) in [6.45, 7) is 2.35. The van der Waals surface area contributed by atoms with Gasteiger partial charge >= 0.3 is 0 Å². The number of carbonyl (C=O) groups excluding carboxylic acids is 1. The minimum atomic E-state index is -0.368. The van der Waals surface area contributed by atoms with Gasteiger partial charge in [0.1, 0.15) is 5.82 Å². The average molecular weight is 350 g/mol. The van der Waals surface area contributed by atoms with E-state index >= 15 is 0 Å². The summed E-state index contributed by atoms with van der Waals surface area (Å²) >= 11 is 3.07. The Hall–Kier alpha value is -0.910. The molecule has 0 atom stereocenters. The molecule has 1 aromatic rings. The van der Waals surface area contributed by atoms with Crippen LogP contribution in [0.3, 0.4) is 0 Å². The minimum absolute atomic E-state index is 0. The van der Waals surface area contributed by atoms with E-state index in [2.05, 4.69) is 32.6 Å². The first-order valence-corrected chi connectivity index (χ1v) is 6.58. The standard InChI is InChI=1S/C13H14BrFN2O.ClH/c14-11-7-10(1-2-12(11)15)13(18)17-8-9-3-5-16-6-4-9;/h1-3,7,16H,4-6,8H2,(H,17,18);1H. The summed E-state index contributed by atoms with van der Waals surface area (Å²) in [5, 5.41) is 6.05. The van der Waals surface area contributed by atoms with Gasteiger partial charge in [0, 0.05) is 18.7 Å². The molecule has 0 aliphatic carbocycles. The van der Waals surface area contributed by atoms with Gasteiger partial charge in [-0.25, -0.2) is 4.39 Å². The zero-order valence-electron chi connectivity index (χ0n) is 10.2. The van der Waals surface area contributed by atoms with Crippen molar-refractivity contribution in [1.29, 1.82) is 0 Å². The molecular weight excluding hydrogens is 335 g/mol. The molecule has 0 saturated heterocycles. The van der Waals surface area contributed by atoms with Gasteiger partial charge in [-0.15, -0.1) is 12.4 Å². The van der Waals surface area contributed by atoms with Crippen LogP contribution in [0.4, 0.5) is 4.39 Å². The number of rotatable bonds is 3. The highest BCUT2D eigenvalue weighted by atomic mass is 79.9. The maximum atomic E-state index is 13.0. The Morgan fingerprint density at radius 2 is 2.26 bits per heavy atom.